The van der Waals surface area contributed by atoms with Crippen LogP contribution in [0.3, 0.4) is 0 Å². The lowest BCUT2D eigenvalue weighted by molar-refractivity contribution is 0.361. The Kier molecular flexibility index (Phi) is 3.96. The van der Waals surface area contributed by atoms with Gasteiger partial charge in [0.25, 0.3) is 0 Å². The monoisotopic (exact) mass is 334 g/mol. The SMILES string of the molecule is CCN(CC)c1ccc2c(c1)OCC(c1nc3cc(C)ccc3o1)=C2. The number of oxazole rings is 1. The van der Waals surface area contributed by atoms with Crippen molar-refractivity contribution in [2.75, 3.05) is 24.6 Å². The van der Waals surface area contributed by atoms with Crippen LogP contribution in [-0.4, -0.2) is 24.7 Å². The molecule has 1 aromatic heterocycles. The highest BCUT2D eigenvalue weighted by Crippen LogP contribution is 2.34. The van der Waals surface area contributed by atoms with Crippen LogP contribution in [0.5, 0.6) is 5.75 Å². The third-order valence-electron chi connectivity index (χ3n) is 4.66. The third kappa shape index (κ3) is 2.88. The number of ether oxygens (including phenoxy) is 1. The number of fused-ring (bicyclic) bond motifs is 2. The second kappa shape index (κ2) is 6.28. The molecular formula is C21H22N2O2. The predicted molar refractivity (Wildman–Crippen MR) is 102 cm³/mol. The molecule has 0 bridgehead atoms. The zero-order valence-corrected chi connectivity index (χ0v) is 14.9. The van der Waals surface area contributed by atoms with Gasteiger partial charge in [0, 0.05) is 30.4 Å². The van der Waals surface area contributed by atoms with Crippen LogP contribution >= 0.6 is 0 Å². The summed E-state index contributed by atoms with van der Waals surface area (Å²) in [4.78, 5) is 6.93. The highest BCUT2D eigenvalue weighted by atomic mass is 16.5. The molecule has 25 heavy (non-hydrogen) atoms. The number of hydrogen-bond acceptors (Lipinski definition) is 4. The molecule has 4 rings (SSSR count). The van der Waals surface area contributed by atoms with Gasteiger partial charge in [0.2, 0.25) is 5.89 Å². The molecule has 0 radical (unpaired) electrons. The van der Waals surface area contributed by atoms with Gasteiger partial charge in [0.15, 0.2) is 5.58 Å². The predicted octanol–water partition coefficient (Wildman–Crippen LogP) is 4.92. The first-order valence-corrected chi connectivity index (χ1v) is 8.78. The van der Waals surface area contributed by atoms with E-state index >= 15 is 0 Å². The number of rotatable bonds is 4. The summed E-state index contributed by atoms with van der Waals surface area (Å²) < 4.78 is 11.9. The number of benzene rings is 2. The Labute approximate surface area is 147 Å². The van der Waals surface area contributed by atoms with Crippen molar-refractivity contribution in [3.8, 4) is 5.75 Å². The molecule has 1 aliphatic heterocycles. The van der Waals surface area contributed by atoms with Crippen molar-refractivity contribution in [1.82, 2.24) is 4.98 Å². The average molecular weight is 334 g/mol. The standard InChI is InChI=1S/C21H22N2O2/c1-4-23(5-2)17-8-7-15-11-16(13-24-20(15)12-17)21-22-18-10-14(3)6-9-19(18)25-21/h6-12H,4-5,13H2,1-3H3. The smallest absolute Gasteiger partial charge is 0.226 e. The maximum Gasteiger partial charge on any atom is 0.226 e. The number of anilines is 1. The second-order valence-electron chi connectivity index (χ2n) is 6.34. The molecule has 0 N–H and O–H groups in total. The quantitative estimate of drug-likeness (QED) is 0.679. The van der Waals surface area contributed by atoms with E-state index in [1.54, 1.807) is 0 Å². The minimum atomic E-state index is 0.473. The maximum absolute atomic E-state index is 6.00. The van der Waals surface area contributed by atoms with E-state index in [0.29, 0.717) is 12.5 Å². The molecule has 2 heterocycles. The normalized spacial score (nSPS) is 13.3. The Morgan fingerprint density at radius 2 is 1.92 bits per heavy atom. The summed E-state index contributed by atoms with van der Waals surface area (Å²) in [5, 5.41) is 0. The van der Waals surface area contributed by atoms with Gasteiger partial charge in [0.05, 0.1) is 5.57 Å². The maximum atomic E-state index is 6.00. The van der Waals surface area contributed by atoms with Gasteiger partial charge >= 0.3 is 0 Å². The molecule has 0 aliphatic carbocycles. The van der Waals surface area contributed by atoms with Gasteiger partial charge in [-0.2, -0.15) is 0 Å². The topological polar surface area (TPSA) is 38.5 Å². The highest BCUT2D eigenvalue weighted by Gasteiger charge is 2.18. The molecular weight excluding hydrogens is 312 g/mol. The Balaban J connectivity index is 1.69. The van der Waals surface area contributed by atoms with Gasteiger partial charge in [0.1, 0.15) is 17.9 Å². The summed E-state index contributed by atoms with van der Waals surface area (Å²) in [6.45, 7) is 8.83. The van der Waals surface area contributed by atoms with E-state index in [4.69, 9.17) is 9.15 Å². The van der Waals surface area contributed by atoms with Crippen molar-refractivity contribution in [3.63, 3.8) is 0 Å². The van der Waals surface area contributed by atoms with E-state index in [-0.39, 0.29) is 0 Å². The van der Waals surface area contributed by atoms with Gasteiger partial charge in [-0.3, -0.25) is 0 Å². The Bertz CT molecular complexity index is 952. The summed E-state index contributed by atoms with van der Waals surface area (Å²) >= 11 is 0. The Morgan fingerprint density at radius 3 is 2.72 bits per heavy atom. The van der Waals surface area contributed by atoms with Crippen LogP contribution in [0.4, 0.5) is 5.69 Å². The fourth-order valence-electron chi connectivity index (χ4n) is 3.24. The number of nitrogens with zero attached hydrogens (tertiary/aromatic N) is 2. The van der Waals surface area contributed by atoms with Gasteiger partial charge in [-0.1, -0.05) is 6.07 Å². The van der Waals surface area contributed by atoms with E-state index in [9.17, 15) is 0 Å². The molecule has 128 valence electrons. The molecule has 2 aromatic carbocycles. The first-order chi connectivity index (χ1) is 12.2. The lowest BCUT2D eigenvalue weighted by atomic mass is 10.1. The molecule has 0 spiro atoms. The highest BCUT2D eigenvalue weighted by molar-refractivity contribution is 5.86. The van der Waals surface area contributed by atoms with Crippen LogP contribution in [0.2, 0.25) is 0 Å². The van der Waals surface area contributed by atoms with Crippen LogP contribution in [0.15, 0.2) is 40.8 Å². The summed E-state index contributed by atoms with van der Waals surface area (Å²) in [5.74, 6) is 1.55. The molecule has 0 unspecified atom stereocenters. The van der Waals surface area contributed by atoms with Crippen molar-refractivity contribution in [1.29, 1.82) is 0 Å². The fourth-order valence-corrected chi connectivity index (χ4v) is 3.24. The van der Waals surface area contributed by atoms with Crippen LogP contribution in [0.25, 0.3) is 22.7 Å². The molecule has 0 saturated carbocycles. The van der Waals surface area contributed by atoms with Gasteiger partial charge in [-0.25, -0.2) is 4.98 Å². The molecule has 0 amide bonds. The molecule has 1 aliphatic rings. The van der Waals surface area contributed by atoms with Gasteiger partial charge in [-0.15, -0.1) is 0 Å². The number of aromatic nitrogens is 1. The van der Waals surface area contributed by atoms with E-state index in [1.807, 2.05) is 18.2 Å². The average Bonchev–Trinajstić information content (AvgIpc) is 3.05. The lowest BCUT2D eigenvalue weighted by Gasteiger charge is -2.23. The first-order valence-electron chi connectivity index (χ1n) is 8.78. The summed E-state index contributed by atoms with van der Waals surface area (Å²) in [7, 11) is 0. The minimum Gasteiger partial charge on any atom is -0.488 e. The summed E-state index contributed by atoms with van der Waals surface area (Å²) in [6, 6.07) is 12.4. The first kappa shape index (κ1) is 15.8. The second-order valence-corrected chi connectivity index (χ2v) is 6.34. The van der Waals surface area contributed by atoms with Crippen LogP contribution in [0.1, 0.15) is 30.9 Å². The molecule has 4 nitrogen and oxygen atoms in total. The summed E-state index contributed by atoms with van der Waals surface area (Å²) in [6.07, 6.45) is 2.11. The van der Waals surface area contributed by atoms with Crippen LogP contribution in [0, 0.1) is 6.92 Å². The van der Waals surface area contributed by atoms with Crippen LogP contribution in [-0.2, 0) is 0 Å². The molecule has 0 fully saturated rings. The van der Waals surface area contributed by atoms with E-state index in [0.717, 1.165) is 41.1 Å². The van der Waals surface area contributed by atoms with Gasteiger partial charge < -0.3 is 14.1 Å². The summed E-state index contributed by atoms with van der Waals surface area (Å²) in [5.41, 5.74) is 6.10. The van der Waals surface area contributed by atoms with Crippen molar-refractivity contribution < 1.29 is 9.15 Å². The molecule has 0 saturated heterocycles. The zero-order valence-electron chi connectivity index (χ0n) is 14.9. The largest absolute Gasteiger partial charge is 0.488 e. The van der Waals surface area contributed by atoms with E-state index < -0.39 is 0 Å². The third-order valence-corrected chi connectivity index (χ3v) is 4.66. The minimum absolute atomic E-state index is 0.473. The molecule has 3 aromatic rings. The van der Waals surface area contributed by atoms with E-state index in [1.165, 1.54) is 11.3 Å². The van der Waals surface area contributed by atoms with Crippen molar-refractivity contribution in [2.45, 2.75) is 20.8 Å². The van der Waals surface area contributed by atoms with Gasteiger partial charge in [-0.05, 0) is 56.7 Å². The van der Waals surface area contributed by atoms with Crippen LogP contribution < -0.4 is 9.64 Å². The Morgan fingerprint density at radius 1 is 1.08 bits per heavy atom. The Hall–Kier alpha value is -2.75. The number of hydrogen-bond donors (Lipinski definition) is 0. The van der Waals surface area contributed by atoms with Crippen molar-refractivity contribution >= 4 is 28.4 Å². The lowest BCUT2D eigenvalue weighted by Crippen LogP contribution is -2.22. The molecule has 4 heteroatoms. The number of aryl methyl sites for hydroxylation is 1. The van der Waals surface area contributed by atoms with Crippen molar-refractivity contribution in [2.24, 2.45) is 0 Å². The fraction of sp³-hybridized carbons (Fsp3) is 0.286. The molecule has 0 atom stereocenters. The zero-order chi connectivity index (χ0) is 17.4. The van der Waals surface area contributed by atoms with Crippen molar-refractivity contribution in [3.05, 3.63) is 53.4 Å². The van der Waals surface area contributed by atoms with E-state index in [2.05, 4.69) is 54.9 Å².